The number of fused-ring (bicyclic) bond motifs is 2. The molecule has 2 saturated heterocycles. The summed E-state index contributed by atoms with van der Waals surface area (Å²) in [6, 6.07) is 15.0. The first-order valence-corrected chi connectivity index (χ1v) is 10.4. The van der Waals surface area contributed by atoms with E-state index in [4.69, 9.17) is 4.74 Å². The first-order chi connectivity index (χ1) is 13.6. The number of nitrogens with zero attached hydrogens (tertiary/aromatic N) is 2. The number of hydrogen-bond acceptors (Lipinski definition) is 6. The minimum atomic E-state index is -0.369. The molecular weight excluding hydrogens is 374 g/mol. The maximum atomic E-state index is 11.6. The zero-order valence-corrected chi connectivity index (χ0v) is 16.9. The Hall–Kier alpha value is -2.25. The number of nitro benzene ring substituents is 1. The number of anilines is 1. The van der Waals surface area contributed by atoms with Crippen LogP contribution in [0, 0.1) is 10.1 Å². The van der Waals surface area contributed by atoms with Gasteiger partial charge in [-0.3, -0.25) is 10.1 Å². The molecule has 2 bridgehead atoms. The molecule has 2 aliphatic heterocycles. The molecule has 0 saturated carbocycles. The minimum Gasteiger partial charge on any atom is -0.490 e. The molecule has 0 aromatic heterocycles. The third-order valence-corrected chi connectivity index (χ3v) is 7.05. The summed E-state index contributed by atoms with van der Waals surface area (Å²) in [6.45, 7) is 0. The lowest BCUT2D eigenvalue weighted by Gasteiger charge is -2.37. The molecular formula is C21H25N3O3S. The van der Waals surface area contributed by atoms with Crippen LogP contribution in [0.3, 0.4) is 0 Å². The number of para-hydroxylation sites is 2. The van der Waals surface area contributed by atoms with Crippen LogP contribution in [0.5, 0.6) is 5.75 Å². The van der Waals surface area contributed by atoms with Crippen LogP contribution in [-0.4, -0.2) is 42.1 Å². The highest BCUT2D eigenvalue weighted by Gasteiger charge is 2.38. The summed E-state index contributed by atoms with van der Waals surface area (Å²) < 4.78 is 5.20. The molecule has 6 nitrogen and oxygen atoms in total. The van der Waals surface area contributed by atoms with Gasteiger partial charge in [-0.15, -0.1) is 0 Å². The number of piperidine rings is 1. The fraction of sp³-hybridized carbons (Fsp3) is 0.429. The largest absolute Gasteiger partial charge is 0.490 e. The predicted molar refractivity (Wildman–Crippen MR) is 111 cm³/mol. The number of nitro groups is 1. The van der Waals surface area contributed by atoms with Crippen LogP contribution in [0.4, 0.5) is 11.4 Å². The Morgan fingerprint density at radius 2 is 1.79 bits per heavy atom. The molecule has 2 unspecified atom stereocenters. The van der Waals surface area contributed by atoms with Gasteiger partial charge in [-0.25, -0.2) is 0 Å². The van der Waals surface area contributed by atoms with Gasteiger partial charge < -0.3 is 15.0 Å². The standard InChI is InChI=1S/C21H25N3O3S/c1-23-15-10-11-16(23)13-14(12-15)22-17-6-3-4-8-19(17)28-20-9-5-7-18(27-2)21(20)24(25)26/h3-9,14-16,22H,10-13H2,1-2H3. The van der Waals surface area contributed by atoms with Crippen molar-refractivity contribution < 1.29 is 9.66 Å². The van der Waals surface area contributed by atoms with E-state index in [2.05, 4.69) is 23.3 Å². The molecule has 2 aliphatic rings. The Labute approximate surface area is 169 Å². The van der Waals surface area contributed by atoms with E-state index in [0.29, 0.717) is 23.0 Å². The molecule has 1 N–H and O–H groups in total. The highest BCUT2D eigenvalue weighted by molar-refractivity contribution is 7.99. The lowest BCUT2D eigenvalue weighted by Crippen LogP contribution is -2.44. The van der Waals surface area contributed by atoms with Gasteiger partial charge in [0.2, 0.25) is 0 Å². The molecule has 4 rings (SSSR count). The second-order valence-electron chi connectivity index (χ2n) is 7.53. The van der Waals surface area contributed by atoms with Crippen molar-refractivity contribution in [2.75, 3.05) is 19.5 Å². The van der Waals surface area contributed by atoms with Crippen molar-refractivity contribution in [3.63, 3.8) is 0 Å². The molecule has 2 aromatic carbocycles. The van der Waals surface area contributed by atoms with Gasteiger partial charge in [0.15, 0.2) is 5.75 Å². The predicted octanol–water partition coefficient (Wildman–Crippen LogP) is 4.79. The summed E-state index contributed by atoms with van der Waals surface area (Å²) >= 11 is 1.41. The second-order valence-corrected chi connectivity index (χ2v) is 8.61. The third-order valence-electron chi connectivity index (χ3n) is 5.93. The molecule has 0 amide bonds. The van der Waals surface area contributed by atoms with Gasteiger partial charge in [-0.05, 0) is 57.0 Å². The molecule has 2 fully saturated rings. The van der Waals surface area contributed by atoms with E-state index in [0.717, 1.165) is 23.4 Å². The Balaban J connectivity index is 1.57. The molecule has 2 heterocycles. The highest BCUT2D eigenvalue weighted by Crippen LogP contribution is 2.43. The van der Waals surface area contributed by atoms with Crippen molar-refractivity contribution >= 4 is 23.1 Å². The summed E-state index contributed by atoms with van der Waals surface area (Å²) in [5.74, 6) is 0.285. The van der Waals surface area contributed by atoms with Crippen LogP contribution in [0.1, 0.15) is 25.7 Å². The smallest absolute Gasteiger partial charge is 0.324 e. The summed E-state index contributed by atoms with van der Waals surface area (Å²) in [5, 5.41) is 15.3. The lowest BCUT2D eigenvalue weighted by atomic mass is 9.98. The normalized spacial score (nSPS) is 24.1. The van der Waals surface area contributed by atoms with E-state index in [9.17, 15) is 10.1 Å². The topological polar surface area (TPSA) is 67.6 Å². The van der Waals surface area contributed by atoms with Crippen molar-refractivity contribution in [2.45, 2.75) is 53.6 Å². The number of methoxy groups -OCH3 is 1. The van der Waals surface area contributed by atoms with Crippen LogP contribution < -0.4 is 10.1 Å². The van der Waals surface area contributed by atoms with Crippen LogP contribution in [0.25, 0.3) is 0 Å². The lowest BCUT2D eigenvalue weighted by molar-refractivity contribution is -0.388. The minimum absolute atomic E-state index is 0.0159. The Kier molecular flexibility index (Phi) is 5.46. The van der Waals surface area contributed by atoms with E-state index >= 15 is 0 Å². The average molecular weight is 400 g/mol. The van der Waals surface area contributed by atoms with Crippen molar-refractivity contribution in [1.82, 2.24) is 4.90 Å². The summed E-state index contributed by atoms with van der Waals surface area (Å²) in [5.41, 5.74) is 1.06. The van der Waals surface area contributed by atoms with Gasteiger partial charge in [-0.2, -0.15) is 0 Å². The molecule has 0 aliphatic carbocycles. The van der Waals surface area contributed by atoms with E-state index in [1.807, 2.05) is 18.2 Å². The summed E-state index contributed by atoms with van der Waals surface area (Å²) in [7, 11) is 3.70. The SMILES string of the molecule is COc1cccc(Sc2ccccc2NC2CC3CCC(C2)N3C)c1[N+](=O)[O-]. The van der Waals surface area contributed by atoms with E-state index in [-0.39, 0.29) is 16.4 Å². The van der Waals surface area contributed by atoms with Crippen LogP contribution in [0.15, 0.2) is 52.3 Å². The highest BCUT2D eigenvalue weighted by atomic mass is 32.2. The van der Waals surface area contributed by atoms with Crippen LogP contribution in [-0.2, 0) is 0 Å². The quantitative estimate of drug-likeness (QED) is 0.556. The fourth-order valence-electron chi connectivity index (χ4n) is 4.47. The van der Waals surface area contributed by atoms with E-state index < -0.39 is 0 Å². The third kappa shape index (κ3) is 3.69. The monoisotopic (exact) mass is 399 g/mol. The molecule has 0 spiro atoms. The van der Waals surface area contributed by atoms with Crippen molar-refractivity contribution in [1.29, 1.82) is 0 Å². The van der Waals surface area contributed by atoms with Crippen molar-refractivity contribution in [3.05, 3.63) is 52.6 Å². The maximum absolute atomic E-state index is 11.6. The average Bonchev–Trinajstić information content (AvgIpc) is 2.90. The van der Waals surface area contributed by atoms with Gasteiger partial charge in [0.05, 0.1) is 16.9 Å². The number of hydrogen-bond donors (Lipinski definition) is 1. The fourth-order valence-corrected chi connectivity index (χ4v) is 5.51. The van der Waals surface area contributed by atoms with Gasteiger partial charge >= 0.3 is 5.69 Å². The summed E-state index contributed by atoms with van der Waals surface area (Å²) in [4.78, 5) is 15.3. The molecule has 7 heteroatoms. The van der Waals surface area contributed by atoms with Gasteiger partial charge in [0.25, 0.3) is 0 Å². The molecule has 148 valence electrons. The number of rotatable bonds is 6. The second kappa shape index (κ2) is 8.01. The van der Waals surface area contributed by atoms with Crippen LogP contribution >= 0.6 is 11.8 Å². The maximum Gasteiger partial charge on any atom is 0.324 e. The Bertz CT molecular complexity index is 862. The molecule has 2 atom stereocenters. The van der Waals surface area contributed by atoms with Crippen LogP contribution in [0.2, 0.25) is 0 Å². The molecule has 28 heavy (non-hydrogen) atoms. The number of nitrogens with one attached hydrogen (secondary N) is 1. The van der Waals surface area contributed by atoms with E-state index in [1.54, 1.807) is 18.2 Å². The first-order valence-electron chi connectivity index (χ1n) is 9.63. The first kappa shape index (κ1) is 19.1. The number of benzene rings is 2. The zero-order chi connectivity index (χ0) is 19.7. The number of ether oxygens (including phenoxy) is 1. The van der Waals surface area contributed by atoms with Gasteiger partial charge in [0, 0.05) is 28.7 Å². The van der Waals surface area contributed by atoms with Gasteiger partial charge in [-0.1, -0.05) is 30.0 Å². The molecule has 0 radical (unpaired) electrons. The van der Waals surface area contributed by atoms with E-state index in [1.165, 1.54) is 31.7 Å². The van der Waals surface area contributed by atoms with Gasteiger partial charge in [0.1, 0.15) is 0 Å². The molecule has 2 aromatic rings. The Morgan fingerprint density at radius 1 is 1.11 bits per heavy atom. The van der Waals surface area contributed by atoms with Crippen molar-refractivity contribution in [3.8, 4) is 5.75 Å². The van der Waals surface area contributed by atoms with Crippen molar-refractivity contribution in [2.24, 2.45) is 0 Å². The Morgan fingerprint density at radius 3 is 2.46 bits per heavy atom. The summed E-state index contributed by atoms with van der Waals surface area (Å²) in [6.07, 6.45) is 4.86. The zero-order valence-electron chi connectivity index (χ0n) is 16.1.